The third-order valence-electron chi connectivity index (χ3n) is 3.10. The molecule has 0 saturated carbocycles. The molecule has 0 aromatic carbocycles. The molecule has 0 bridgehead atoms. The van der Waals surface area contributed by atoms with Gasteiger partial charge in [-0.1, -0.05) is 13.3 Å². The zero-order valence-corrected chi connectivity index (χ0v) is 13.0. The highest BCUT2D eigenvalue weighted by molar-refractivity contribution is 7.99. The Morgan fingerprint density at radius 3 is 2.79 bits per heavy atom. The van der Waals surface area contributed by atoms with Gasteiger partial charge in [0.25, 0.3) is 10.2 Å². The van der Waals surface area contributed by atoms with Crippen molar-refractivity contribution in [3.63, 3.8) is 0 Å². The number of rotatable bonds is 7. The number of nitrogens with zero attached hydrogens (tertiary/aromatic N) is 2. The molecular weight excluding hydrogens is 288 g/mol. The van der Waals surface area contributed by atoms with Gasteiger partial charge in [0.2, 0.25) is 0 Å². The lowest BCUT2D eigenvalue weighted by atomic mass is 10.2. The minimum Gasteiger partial charge on any atom is -0.481 e. The number of carboxylic acid groups (broad SMARTS) is 1. The van der Waals surface area contributed by atoms with Gasteiger partial charge < -0.3 is 5.11 Å². The summed E-state index contributed by atoms with van der Waals surface area (Å²) in [6.07, 6.45) is 1.60. The first-order valence-electron chi connectivity index (χ1n) is 6.42. The van der Waals surface area contributed by atoms with E-state index in [1.807, 2.05) is 6.92 Å². The van der Waals surface area contributed by atoms with Crippen LogP contribution < -0.4 is 0 Å². The summed E-state index contributed by atoms with van der Waals surface area (Å²) in [5.41, 5.74) is 0. The van der Waals surface area contributed by atoms with Gasteiger partial charge in [0.05, 0.1) is 6.42 Å². The predicted molar refractivity (Wildman–Crippen MR) is 76.5 cm³/mol. The van der Waals surface area contributed by atoms with Crippen molar-refractivity contribution in [2.24, 2.45) is 0 Å². The normalized spacial score (nSPS) is 21.7. The lowest BCUT2D eigenvalue weighted by Crippen LogP contribution is -2.52. The molecule has 0 amide bonds. The molecule has 1 rings (SSSR count). The van der Waals surface area contributed by atoms with Crippen molar-refractivity contribution in [3.05, 3.63) is 0 Å². The standard InChI is InChI=1S/C11H22N2O4S2/c1-3-4-5-12(2)19(16,17)13-6-7-18-9-10(13)8-11(14)15/h10H,3-9H2,1-2H3,(H,14,15). The highest BCUT2D eigenvalue weighted by atomic mass is 32.2. The maximum Gasteiger partial charge on any atom is 0.305 e. The summed E-state index contributed by atoms with van der Waals surface area (Å²) < 4.78 is 27.6. The Balaban J connectivity index is 2.80. The lowest BCUT2D eigenvalue weighted by Gasteiger charge is -2.36. The Bertz CT molecular complexity index is 399. The van der Waals surface area contributed by atoms with Crippen LogP contribution in [-0.4, -0.2) is 65.8 Å². The molecule has 1 aliphatic heterocycles. The first-order valence-corrected chi connectivity index (χ1v) is 8.97. The Morgan fingerprint density at radius 2 is 2.21 bits per heavy atom. The van der Waals surface area contributed by atoms with Crippen molar-refractivity contribution in [1.82, 2.24) is 8.61 Å². The van der Waals surface area contributed by atoms with Gasteiger partial charge in [-0.15, -0.1) is 0 Å². The van der Waals surface area contributed by atoms with Gasteiger partial charge in [0, 0.05) is 37.7 Å². The molecule has 1 aliphatic rings. The number of hydrogen-bond acceptors (Lipinski definition) is 4. The monoisotopic (exact) mass is 310 g/mol. The second-order valence-corrected chi connectivity index (χ2v) is 7.76. The van der Waals surface area contributed by atoms with Crippen LogP contribution in [0.2, 0.25) is 0 Å². The van der Waals surface area contributed by atoms with Crippen molar-refractivity contribution in [3.8, 4) is 0 Å². The van der Waals surface area contributed by atoms with E-state index in [1.54, 1.807) is 18.8 Å². The van der Waals surface area contributed by atoms with E-state index < -0.39 is 22.2 Å². The maximum absolute atomic E-state index is 12.4. The third kappa shape index (κ3) is 4.62. The van der Waals surface area contributed by atoms with Crippen molar-refractivity contribution in [1.29, 1.82) is 0 Å². The number of hydrogen-bond donors (Lipinski definition) is 1. The average molecular weight is 310 g/mol. The molecule has 0 spiro atoms. The van der Waals surface area contributed by atoms with Crippen LogP contribution in [0.4, 0.5) is 0 Å². The fourth-order valence-corrected chi connectivity index (χ4v) is 4.82. The van der Waals surface area contributed by atoms with E-state index in [4.69, 9.17) is 5.11 Å². The van der Waals surface area contributed by atoms with Crippen LogP contribution in [-0.2, 0) is 15.0 Å². The number of carbonyl (C=O) groups is 1. The predicted octanol–water partition coefficient (Wildman–Crippen LogP) is 0.855. The number of unbranched alkanes of at least 4 members (excludes halogenated alkanes) is 1. The van der Waals surface area contributed by atoms with Gasteiger partial charge in [-0.25, -0.2) is 0 Å². The second-order valence-electron chi connectivity index (χ2n) is 4.62. The fraction of sp³-hybridized carbons (Fsp3) is 0.909. The van der Waals surface area contributed by atoms with Crippen molar-refractivity contribution < 1.29 is 18.3 Å². The minimum atomic E-state index is -3.54. The van der Waals surface area contributed by atoms with E-state index in [0.29, 0.717) is 18.8 Å². The highest BCUT2D eigenvalue weighted by Crippen LogP contribution is 2.23. The van der Waals surface area contributed by atoms with E-state index in [2.05, 4.69) is 0 Å². The quantitative estimate of drug-likeness (QED) is 0.754. The zero-order chi connectivity index (χ0) is 14.5. The highest BCUT2D eigenvalue weighted by Gasteiger charge is 2.36. The van der Waals surface area contributed by atoms with E-state index >= 15 is 0 Å². The molecule has 0 radical (unpaired) electrons. The van der Waals surface area contributed by atoms with Gasteiger partial charge in [-0.05, 0) is 6.42 Å². The van der Waals surface area contributed by atoms with E-state index in [-0.39, 0.29) is 6.42 Å². The van der Waals surface area contributed by atoms with Crippen LogP contribution in [0, 0.1) is 0 Å². The van der Waals surface area contributed by atoms with E-state index in [0.717, 1.165) is 18.6 Å². The summed E-state index contributed by atoms with van der Waals surface area (Å²) in [5.74, 6) is 0.313. The zero-order valence-electron chi connectivity index (χ0n) is 11.4. The van der Waals surface area contributed by atoms with Gasteiger partial charge in [-0.3, -0.25) is 4.79 Å². The van der Waals surface area contributed by atoms with Crippen LogP contribution in [0.1, 0.15) is 26.2 Å². The van der Waals surface area contributed by atoms with Crippen molar-refractivity contribution >= 4 is 27.9 Å². The first-order chi connectivity index (χ1) is 8.89. The topological polar surface area (TPSA) is 77.9 Å². The number of thioether (sulfide) groups is 1. The van der Waals surface area contributed by atoms with Crippen molar-refractivity contribution in [2.75, 3.05) is 31.6 Å². The Morgan fingerprint density at radius 1 is 1.53 bits per heavy atom. The SMILES string of the molecule is CCCCN(C)S(=O)(=O)N1CCSCC1CC(=O)O. The smallest absolute Gasteiger partial charge is 0.305 e. The molecule has 8 heteroatoms. The van der Waals surface area contributed by atoms with Crippen molar-refractivity contribution in [2.45, 2.75) is 32.2 Å². The molecule has 1 unspecified atom stereocenters. The van der Waals surface area contributed by atoms with Gasteiger partial charge in [0.15, 0.2) is 0 Å². The average Bonchev–Trinajstić information content (AvgIpc) is 2.35. The summed E-state index contributed by atoms with van der Waals surface area (Å²) in [4.78, 5) is 10.8. The lowest BCUT2D eigenvalue weighted by molar-refractivity contribution is -0.137. The van der Waals surface area contributed by atoms with Crippen LogP contribution in [0.3, 0.4) is 0 Å². The van der Waals surface area contributed by atoms with Crippen LogP contribution in [0.25, 0.3) is 0 Å². The number of aliphatic carboxylic acids is 1. The summed E-state index contributed by atoms with van der Waals surface area (Å²) in [6.45, 7) is 2.87. The molecule has 0 aromatic heterocycles. The van der Waals surface area contributed by atoms with E-state index in [9.17, 15) is 13.2 Å². The van der Waals surface area contributed by atoms with Crippen LogP contribution in [0.15, 0.2) is 0 Å². The summed E-state index contributed by atoms with van der Waals surface area (Å²) >= 11 is 1.61. The molecule has 1 fully saturated rings. The minimum absolute atomic E-state index is 0.131. The third-order valence-corrected chi connectivity index (χ3v) is 6.24. The fourth-order valence-electron chi connectivity index (χ4n) is 1.98. The summed E-state index contributed by atoms with van der Waals surface area (Å²) in [6, 6.07) is -0.440. The Hall–Kier alpha value is -0.310. The molecule has 1 heterocycles. The van der Waals surface area contributed by atoms with Gasteiger partial charge in [0.1, 0.15) is 0 Å². The largest absolute Gasteiger partial charge is 0.481 e. The first kappa shape index (κ1) is 16.7. The van der Waals surface area contributed by atoms with E-state index in [1.165, 1.54) is 8.61 Å². The summed E-state index contributed by atoms with van der Waals surface area (Å²) in [7, 11) is -1.98. The van der Waals surface area contributed by atoms with Crippen LogP contribution in [0.5, 0.6) is 0 Å². The maximum atomic E-state index is 12.4. The molecule has 1 saturated heterocycles. The molecule has 6 nitrogen and oxygen atoms in total. The Kier molecular flexibility index (Phi) is 6.58. The van der Waals surface area contributed by atoms with Crippen LogP contribution >= 0.6 is 11.8 Å². The molecule has 0 aliphatic carbocycles. The van der Waals surface area contributed by atoms with Gasteiger partial charge in [-0.2, -0.15) is 28.8 Å². The molecule has 19 heavy (non-hydrogen) atoms. The number of carboxylic acids is 1. The molecular formula is C11H22N2O4S2. The molecule has 0 aromatic rings. The second kappa shape index (κ2) is 7.47. The molecule has 112 valence electrons. The molecule has 1 N–H and O–H groups in total. The Labute approximate surface area is 119 Å². The summed E-state index contributed by atoms with van der Waals surface area (Å²) in [5, 5.41) is 8.88. The molecule has 1 atom stereocenters. The van der Waals surface area contributed by atoms with Gasteiger partial charge >= 0.3 is 5.97 Å².